The Hall–Kier alpha value is -2.16. The minimum atomic E-state index is -0.485. The topological polar surface area (TPSA) is 29.1 Å². The van der Waals surface area contributed by atoms with Gasteiger partial charge in [0, 0.05) is 12.0 Å². The molecule has 0 radical (unpaired) electrons. The van der Waals surface area contributed by atoms with E-state index in [1.54, 1.807) is 12.1 Å². The number of halogens is 1. The zero-order valence-electron chi connectivity index (χ0n) is 12.4. The van der Waals surface area contributed by atoms with Crippen LogP contribution in [0, 0.1) is 11.2 Å². The molecule has 0 spiro atoms. The Bertz CT molecular complexity index is 590. The Morgan fingerprint density at radius 3 is 2.24 bits per heavy atom. The molecular formula is C18H20FNO. The van der Waals surface area contributed by atoms with Crippen molar-refractivity contribution in [3.05, 3.63) is 71.5 Å². The van der Waals surface area contributed by atoms with Crippen LogP contribution >= 0.6 is 0 Å². The summed E-state index contributed by atoms with van der Waals surface area (Å²) in [5.41, 5.74) is 1.54. The van der Waals surface area contributed by atoms with Crippen LogP contribution in [-0.2, 0) is 17.8 Å². The molecule has 0 saturated heterocycles. The van der Waals surface area contributed by atoms with Gasteiger partial charge in [-0.3, -0.25) is 4.79 Å². The van der Waals surface area contributed by atoms with E-state index in [1.807, 2.05) is 44.2 Å². The predicted octanol–water partition coefficient (Wildman–Crippen LogP) is 3.71. The van der Waals surface area contributed by atoms with Crippen LogP contribution in [0.2, 0.25) is 0 Å². The van der Waals surface area contributed by atoms with Crippen molar-refractivity contribution in [1.29, 1.82) is 0 Å². The van der Waals surface area contributed by atoms with Gasteiger partial charge in [-0.2, -0.15) is 0 Å². The molecule has 21 heavy (non-hydrogen) atoms. The van der Waals surface area contributed by atoms with Crippen LogP contribution in [0.5, 0.6) is 0 Å². The van der Waals surface area contributed by atoms with Crippen molar-refractivity contribution in [2.45, 2.75) is 26.8 Å². The second-order valence-corrected chi connectivity index (χ2v) is 5.86. The molecule has 1 amide bonds. The maximum atomic E-state index is 12.8. The molecule has 2 nitrogen and oxygen atoms in total. The van der Waals surface area contributed by atoms with Crippen molar-refractivity contribution in [3.63, 3.8) is 0 Å². The normalized spacial score (nSPS) is 11.2. The lowest BCUT2D eigenvalue weighted by atomic mass is 9.85. The summed E-state index contributed by atoms with van der Waals surface area (Å²) in [5, 5.41) is 2.92. The van der Waals surface area contributed by atoms with Crippen LogP contribution in [0.15, 0.2) is 54.6 Å². The third-order valence-electron chi connectivity index (χ3n) is 3.47. The van der Waals surface area contributed by atoms with Crippen molar-refractivity contribution < 1.29 is 9.18 Å². The third kappa shape index (κ3) is 4.42. The van der Waals surface area contributed by atoms with Gasteiger partial charge in [0.1, 0.15) is 5.82 Å². The lowest BCUT2D eigenvalue weighted by Gasteiger charge is -2.23. The lowest BCUT2D eigenvalue weighted by molar-refractivity contribution is -0.129. The SMILES string of the molecule is CC(C)(Cc1ccccc1)C(=O)NCc1ccc(F)cc1. The maximum Gasteiger partial charge on any atom is 0.226 e. The number of hydrogen-bond acceptors (Lipinski definition) is 1. The Morgan fingerprint density at radius 1 is 1.00 bits per heavy atom. The molecule has 0 fully saturated rings. The molecule has 2 rings (SSSR count). The van der Waals surface area contributed by atoms with E-state index < -0.39 is 5.41 Å². The molecule has 0 saturated carbocycles. The van der Waals surface area contributed by atoms with E-state index in [0.717, 1.165) is 11.1 Å². The first-order valence-electron chi connectivity index (χ1n) is 7.04. The summed E-state index contributed by atoms with van der Waals surface area (Å²) < 4.78 is 12.8. The van der Waals surface area contributed by atoms with Gasteiger partial charge in [-0.1, -0.05) is 56.3 Å². The molecular weight excluding hydrogens is 265 g/mol. The van der Waals surface area contributed by atoms with Gasteiger partial charge >= 0.3 is 0 Å². The quantitative estimate of drug-likeness (QED) is 0.891. The summed E-state index contributed by atoms with van der Waals surface area (Å²) >= 11 is 0. The second kappa shape index (κ2) is 6.53. The summed E-state index contributed by atoms with van der Waals surface area (Å²) in [5.74, 6) is -0.273. The molecule has 0 aliphatic carbocycles. The first kappa shape index (κ1) is 15.2. The molecule has 0 atom stereocenters. The molecule has 0 aliphatic heterocycles. The van der Waals surface area contributed by atoms with Crippen molar-refractivity contribution in [2.24, 2.45) is 5.41 Å². The molecule has 0 heterocycles. The van der Waals surface area contributed by atoms with Gasteiger partial charge in [0.05, 0.1) is 0 Å². The minimum absolute atomic E-state index is 0.00400. The minimum Gasteiger partial charge on any atom is -0.352 e. The summed E-state index contributed by atoms with van der Waals surface area (Å²) in [6.07, 6.45) is 0.684. The highest BCUT2D eigenvalue weighted by molar-refractivity contribution is 5.82. The Morgan fingerprint density at radius 2 is 1.62 bits per heavy atom. The Labute approximate surface area is 125 Å². The highest BCUT2D eigenvalue weighted by Gasteiger charge is 2.27. The van der Waals surface area contributed by atoms with Gasteiger partial charge < -0.3 is 5.32 Å². The van der Waals surface area contributed by atoms with E-state index in [1.165, 1.54) is 12.1 Å². The molecule has 2 aromatic rings. The fraction of sp³-hybridized carbons (Fsp3) is 0.278. The lowest BCUT2D eigenvalue weighted by Crippen LogP contribution is -2.38. The molecule has 2 aromatic carbocycles. The molecule has 1 N–H and O–H groups in total. The van der Waals surface area contributed by atoms with Crippen LogP contribution in [0.25, 0.3) is 0 Å². The highest BCUT2D eigenvalue weighted by atomic mass is 19.1. The molecule has 110 valence electrons. The largest absolute Gasteiger partial charge is 0.352 e. The van der Waals surface area contributed by atoms with Crippen LogP contribution < -0.4 is 5.32 Å². The average molecular weight is 285 g/mol. The Kier molecular flexibility index (Phi) is 4.73. The molecule has 0 aliphatic rings. The average Bonchev–Trinajstić information content (AvgIpc) is 2.47. The van der Waals surface area contributed by atoms with E-state index in [-0.39, 0.29) is 11.7 Å². The van der Waals surface area contributed by atoms with Crippen molar-refractivity contribution in [1.82, 2.24) is 5.32 Å². The van der Waals surface area contributed by atoms with Crippen LogP contribution in [0.1, 0.15) is 25.0 Å². The monoisotopic (exact) mass is 285 g/mol. The van der Waals surface area contributed by atoms with Crippen molar-refractivity contribution in [2.75, 3.05) is 0 Å². The highest BCUT2D eigenvalue weighted by Crippen LogP contribution is 2.22. The zero-order chi connectivity index (χ0) is 15.3. The standard InChI is InChI=1S/C18H20FNO/c1-18(2,12-14-6-4-3-5-7-14)17(21)20-13-15-8-10-16(19)11-9-15/h3-11H,12-13H2,1-2H3,(H,20,21). The molecule has 0 unspecified atom stereocenters. The third-order valence-corrected chi connectivity index (χ3v) is 3.47. The van der Waals surface area contributed by atoms with Gasteiger partial charge in [-0.25, -0.2) is 4.39 Å². The number of carbonyl (C=O) groups is 1. The summed E-state index contributed by atoms with van der Waals surface area (Å²) in [4.78, 5) is 12.3. The number of rotatable bonds is 5. The Balaban J connectivity index is 1.93. The van der Waals surface area contributed by atoms with E-state index in [9.17, 15) is 9.18 Å². The van der Waals surface area contributed by atoms with Crippen LogP contribution in [0.4, 0.5) is 4.39 Å². The van der Waals surface area contributed by atoms with Gasteiger partial charge in [0.15, 0.2) is 0 Å². The number of hydrogen-bond donors (Lipinski definition) is 1. The number of amides is 1. The molecule has 3 heteroatoms. The number of carbonyl (C=O) groups excluding carboxylic acids is 1. The summed E-state index contributed by atoms with van der Waals surface area (Å²) in [7, 11) is 0. The second-order valence-electron chi connectivity index (χ2n) is 5.86. The van der Waals surface area contributed by atoms with Crippen molar-refractivity contribution in [3.8, 4) is 0 Å². The maximum absolute atomic E-state index is 12.8. The molecule has 0 aromatic heterocycles. The number of nitrogens with one attached hydrogen (secondary N) is 1. The van der Waals surface area contributed by atoms with Crippen molar-refractivity contribution >= 4 is 5.91 Å². The first-order valence-corrected chi connectivity index (χ1v) is 7.04. The summed E-state index contributed by atoms with van der Waals surface area (Å²) in [6.45, 7) is 4.28. The zero-order valence-corrected chi connectivity index (χ0v) is 12.4. The van der Waals surface area contributed by atoms with Crippen LogP contribution in [0.3, 0.4) is 0 Å². The van der Waals surface area contributed by atoms with E-state index in [0.29, 0.717) is 13.0 Å². The predicted molar refractivity (Wildman–Crippen MR) is 82.2 cm³/mol. The van der Waals surface area contributed by atoms with E-state index in [2.05, 4.69) is 5.32 Å². The first-order chi connectivity index (χ1) is 9.97. The van der Waals surface area contributed by atoms with E-state index in [4.69, 9.17) is 0 Å². The van der Waals surface area contributed by atoms with E-state index >= 15 is 0 Å². The molecule has 0 bridgehead atoms. The van der Waals surface area contributed by atoms with Gasteiger partial charge in [-0.15, -0.1) is 0 Å². The van der Waals surface area contributed by atoms with Gasteiger partial charge in [0.25, 0.3) is 0 Å². The smallest absolute Gasteiger partial charge is 0.226 e. The number of benzene rings is 2. The van der Waals surface area contributed by atoms with Gasteiger partial charge in [-0.05, 0) is 29.7 Å². The van der Waals surface area contributed by atoms with Gasteiger partial charge in [0.2, 0.25) is 5.91 Å². The van der Waals surface area contributed by atoms with Crippen LogP contribution in [-0.4, -0.2) is 5.91 Å². The summed E-state index contributed by atoms with van der Waals surface area (Å²) in [6, 6.07) is 16.1. The fourth-order valence-electron chi connectivity index (χ4n) is 2.21. The fourth-order valence-corrected chi connectivity index (χ4v) is 2.21.